The molecule has 2 aromatic rings. The molecule has 3 rings (SSSR count). The lowest BCUT2D eigenvalue weighted by Gasteiger charge is -2.34. The van der Waals surface area contributed by atoms with E-state index < -0.39 is 33.9 Å². The van der Waals surface area contributed by atoms with Crippen molar-refractivity contribution in [2.24, 2.45) is 0 Å². The minimum atomic E-state index is -3.99. The van der Waals surface area contributed by atoms with E-state index in [9.17, 15) is 22.4 Å². The highest BCUT2D eigenvalue weighted by molar-refractivity contribution is 7.89. The molecule has 0 aliphatic carbocycles. The summed E-state index contributed by atoms with van der Waals surface area (Å²) in [6.07, 6.45) is 2.62. The van der Waals surface area contributed by atoms with Crippen molar-refractivity contribution in [1.82, 2.24) is 19.9 Å². The van der Waals surface area contributed by atoms with E-state index in [0.29, 0.717) is 13.0 Å². The largest absolute Gasteiger partial charge is 0.360 e. The first-order valence-electron chi connectivity index (χ1n) is 9.63. The van der Waals surface area contributed by atoms with Crippen LogP contribution in [0.15, 0.2) is 47.6 Å². The van der Waals surface area contributed by atoms with Crippen molar-refractivity contribution in [1.29, 1.82) is 0 Å². The fourth-order valence-electron chi connectivity index (χ4n) is 3.15. The standard InChI is InChI=1S/C20H23FN4O5S/c1-14-11-16(21)3-4-17(14)31(28,29)25-9-2-10-30-18(25)13-24-20(27)19(26)23-12-15-5-7-22-8-6-15/h3-8,11,18H,2,9-10,12-13H2,1H3,(H,23,26)(H,24,27)/t18-/m0/s1. The summed E-state index contributed by atoms with van der Waals surface area (Å²) in [4.78, 5) is 28.0. The molecule has 0 unspecified atom stereocenters. The number of ether oxygens (including phenoxy) is 1. The molecule has 166 valence electrons. The van der Waals surface area contributed by atoms with Gasteiger partial charge in [0.15, 0.2) is 0 Å². The van der Waals surface area contributed by atoms with Crippen molar-refractivity contribution in [2.75, 3.05) is 19.7 Å². The number of rotatable bonds is 6. The quantitative estimate of drug-likeness (QED) is 0.626. The smallest absolute Gasteiger partial charge is 0.309 e. The van der Waals surface area contributed by atoms with E-state index in [1.807, 2.05) is 0 Å². The number of sulfonamides is 1. The predicted molar refractivity (Wildman–Crippen MR) is 108 cm³/mol. The van der Waals surface area contributed by atoms with Gasteiger partial charge in [0.25, 0.3) is 0 Å². The second-order valence-corrected chi connectivity index (χ2v) is 8.81. The Balaban J connectivity index is 1.62. The molecular weight excluding hydrogens is 427 g/mol. The molecule has 1 aliphatic rings. The number of aromatic nitrogens is 1. The third kappa shape index (κ3) is 5.63. The van der Waals surface area contributed by atoms with Gasteiger partial charge in [0.2, 0.25) is 10.0 Å². The summed E-state index contributed by atoms with van der Waals surface area (Å²) < 4.78 is 46.2. The number of carbonyl (C=O) groups is 2. The van der Waals surface area contributed by atoms with Crippen LogP contribution < -0.4 is 10.6 Å². The molecule has 1 aliphatic heterocycles. The minimum absolute atomic E-state index is 0.0363. The lowest BCUT2D eigenvalue weighted by molar-refractivity contribution is -0.140. The summed E-state index contributed by atoms with van der Waals surface area (Å²) in [5.41, 5.74) is 1.04. The number of nitrogens with one attached hydrogen (secondary N) is 2. The summed E-state index contributed by atoms with van der Waals surface area (Å²) in [5, 5.41) is 4.89. The van der Waals surface area contributed by atoms with Gasteiger partial charge in [-0.3, -0.25) is 14.6 Å². The monoisotopic (exact) mass is 450 g/mol. The molecule has 1 fully saturated rings. The first-order valence-corrected chi connectivity index (χ1v) is 11.1. The van der Waals surface area contributed by atoms with Crippen LogP contribution in [0.5, 0.6) is 0 Å². The van der Waals surface area contributed by atoms with Gasteiger partial charge in [0.1, 0.15) is 12.0 Å². The van der Waals surface area contributed by atoms with Gasteiger partial charge < -0.3 is 15.4 Å². The molecule has 2 N–H and O–H groups in total. The SMILES string of the molecule is Cc1cc(F)ccc1S(=O)(=O)N1CCCO[C@H]1CNC(=O)C(=O)NCc1ccncc1. The summed E-state index contributed by atoms with van der Waals surface area (Å²) >= 11 is 0. The van der Waals surface area contributed by atoms with Crippen LogP contribution in [-0.2, 0) is 30.9 Å². The molecule has 1 atom stereocenters. The van der Waals surface area contributed by atoms with E-state index in [1.165, 1.54) is 13.0 Å². The fraction of sp³-hybridized carbons (Fsp3) is 0.350. The lowest BCUT2D eigenvalue weighted by Crippen LogP contribution is -2.53. The zero-order valence-electron chi connectivity index (χ0n) is 16.9. The topological polar surface area (TPSA) is 118 Å². The average molecular weight is 450 g/mol. The van der Waals surface area contributed by atoms with Gasteiger partial charge in [-0.25, -0.2) is 12.8 Å². The molecule has 1 aromatic carbocycles. The Labute approximate surface area is 179 Å². The van der Waals surface area contributed by atoms with E-state index in [-0.39, 0.29) is 30.1 Å². The fourth-order valence-corrected chi connectivity index (χ4v) is 4.93. The number of carbonyl (C=O) groups excluding carboxylic acids is 2. The summed E-state index contributed by atoms with van der Waals surface area (Å²) in [6.45, 7) is 1.93. The predicted octanol–water partition coefficient (Wildman–Crippen LogP) is 0.699. The first kappa shape index (κ1) is 22.8. The molecule has 1 aromatic heterocycles. The normalized spacial score (nSPS) is 17.2. The molecule has 1 saturated heterocycles. The minimum Gasteiger partial charge on any atom is -0.360 e. The molecule has 2 heterocycles. The maximum atomic E-state index is 13.4. The Hall–Kier alpha value is -2.89. The van der Waals surface area contributed by atoms with Gasteiger partial charge in [-0.15, -0.1) is 0 Å². The molecule has 31 heavy (non-hydrogen) atoms. The van der Waals surface area contributed by atoms with Crippen molar-refractivity contribution in [2.45, 2.75) is 31.0 Å². The van der Waals surface area contributed by atoms with Gasteiger partial charge in [0, 0.05) is 25.5 Å². The molecule has 0 radical (unpaired) electrons. The number of amides is 2. The Kier molecular flexibility index (Phi) is 7.31. The van der Waals surface area contributed by atoms with Crippen LogP contribution >= 0.6 is 0 Å². The van der Waals surface area contributed by atoms with Crippen LogP contribution in [0, 0.1) is 12.7 Å². The van der Waals surface area contributed by atoms with Crippen LogP contribution in [0.1, 0.15) is 17.5 Å². The lowest BCUT2D eigenvalue weighted by atomic mass is 10.2. The third-order valence-corrected chi connectivity index (χ3v) is 6.77. The number of hydrogen-bond acceptors (Lipinski definition) is 6. The average Bonchev–Trinajstić information content (AvgIpc) is 2.76. The van der Waals surface area contributed by atoms with Gasteiger partial charge in [0.05, 0.1) is 18.0 Å². The number of halogens is 1. The maximum Gasteiger partial charge on any atom is 0.309 e. The van der Waals surface area contributed by atoms with Crippen LogP contribution in [-0.4, -0.2) is 55.4 Å². The van der Waals surface area contributed by atoms with Crippen molar-refractivity contribution in [3.05, 3.63) is 59.7 Å². The number of aryl methyl sites for hydroxylation is 1. The van der Waals surface area contributed by atoms with Crippen LogP contribution in [0.3, 0.4) is 0 Å². The highest BCUT2D eigenvalue weighted by Gasteiger charge is 2.35. The Morgan fingerprint density at radius 2 is 1.90 bits per heavy atom. The Morgan fingerprint density at radius 3 is 2.61 bits per heavy atom. The molecule has 0 spiro atoms. The van der Waals surface area contributed by atoms with Gasteiger partial charge >= 0.3 is 11.8 Å². The summed E-state index contributed by atoms with van der Waals surface area (Å²) in [6, 6.07) is 6.83. The zero-order chi connectivity index (χ0) is 22.4. The van der Waals surface area contributed by atoms with E-state index in [2.05, 4.69) is 15.6 Å². The van der Waals surface area contributed by atoms with Crippen molar-refractivity contribution in [3.8, 4) is 0 Å². The molecule has 0 saturated carbocycles. The Morgan fingerprint density at radius 1 is 1.19 bits per heavy atom. The molecular formula is C20H23FN4O5S. The number of benzene rings is 1. The van der Waals surface area contributed by atoms with Gasteiger partial charge in [-0.05, 0) is 54.8 Å². The number of hydrogen-bond donors (Lipinski definition) is 2. The van der Waals surface area contributed by atoms with E-state index in [1.54, 1.807) is 24.5 Å². The van der Waals surface area contributed by atoms with E-state index >= 15 is 0 Å². The van der Waals surface area contributed by atoms with Crippen molar-refractivity contribution >= 4 is 21.8 Å². The number of pyridine rings is 1. The van der Waals surface area contributed by atoms with Crippen molar-refractivity contribution < 1.29 is 27.1 Å². The summed E-state index contributed by atoms with van der Waals surface area (Å²) in [5.74, 6) is -2.29. The molecule has 11 heteroatoms. The van der Waals surface area contributed by atoms with Gasteiger partial charge in [-0.1, -0.05) is 0 Å². The maximum absolute atomic E-state index is 13.4. The Bertz CT molecular complexity index is 1050. The second-order valence-electron chi connectivity index (χ2n) is 6.95. The van der Waals surface area contributed by atoms with Crippen molar-refractivity contribution in [3.63, 3.8) is 0 Å². The molecule has 2 amide bonds. The number of nitrogens with zero attached hydrogens (tertiary/aromatic N) is 2. The zero-order valence-corrected chi connectivity index (χ0v) is 17.7. The second kappa shape index (κ2) is 9.94. The highest BCUT2D eigenvalue weighted by atomic mass is 32.2. The van der Waals surface area contributed by atoms with Crippen LogP contribution in [0.25, 0.3) is 0 Å². The summed E-state index contributed by atoms with van der Waals surface area (Å²) in [7, 11) is -3.99. The first-order chi connectivity index (χ1) is 14.8. The van der Waals surface area contributed by atoms with Gasteiger partial charge in [-0.2, -0.15) is 4.31 Å². The van der Waals surface area contributed by atoms with E-state index in [0.717, 1.165) is 22.0 Å². The molecule has 9 nitrogen and oxygen atoms in total. The van der Waals surface area contributed by atoms with Crippen LogP contribution in [0.4, 0.5) is 4.39 Å². The third-order valence-electron chi connectivity index (χ3n) is 4.72. The molecule has 0 bridgehead atoms. The van der Waals surface area contributed by atoms with Crippen LogP contribution in [0.2, 0.25) is 0 Å². The van der Waals surface area contributed by atoms with E-state index in [4.69, 9.17) is 4.74 Å². The highest BCUT2D eigenvalue weighted by Crippen LogP contribution is 2.25.